The molecule has 100 valence electrons. The second-order valence-electron chi connectivity index (χ2n) is 4.68. The summed E-state index contributed by atoms with van der Waals surface area (Å²) >= 11 is 3.25. The maximum Gasteiger partial charge on any atom is 0.309 e. The maximum absolute atomic E-state index is 10.7. The van der Waals surface area contributed by atoms with Crippen LogP contribution in [0.2, 0.25) is 0 Å². The molecule has 4 nitrogen and oxygen atoms in total. The lowest BCUT2D eigenvalue weighted by atomic mass is 10.3. The van der Waals surface area contributed by atoms with Gasteiger partial charge in [-0.25, -0.2) is 4.98 Å². The Morgan fingerprint density at radius 2 is 2.32 bits per heavy atom. The van der Waals surface area contributed by atoms with Crippen molar-refractivity contribution in [2.75, 3.05) is 4.90 Å². The van der Waals surface area contributed by atoms with Crippen molar-refractivity contribution in [1.82, 2.24) is 4.98 Å². The predicted octanol–water partition coefficient (Wildman–Crippen LogP) is 3.00. The molecule has 19 heavy (non-hydrogen) atoms. The van der Waals surface area contributed by atoms with E-state index in [4.69, 9.17) is 5.11 Å². The van der Waals surface area contributed by atoms with E-state index >= 15 is 0 Å². The summed E-state index contributed by atoms with van der Waals surface area (Å²) in [6, 6.07) is 2.70. The van der Waals surface area contributed by atoms with Gasteiger partial charge < -0.3 is 10.0 Å². The lowest BCUT2D eigenvalue weighted by molar-refractivity contribution is -0.136. The molecule has 1 N–H and O–H groups in total. The van der Waals surface area contributed by atoms with Crippen LogP contribution in [0.4, 0.5) is 5.13 Å². The van der Waals surface area contributed by atoms with Crippen molar-refractivity contribution < 1.29 is 9.90 Å². The number of rotatable bonds is 6. The van der Waals surface area contributed by atoms with E-state index in [1.165, 1.54) is 18.4 Å². The van der Waals surface area contributed by atoms with Crippen LogP contribution >= 0.6 is 22.7 Å². The first-order valence-corrected chi connectivity index (χ1v) is 7.98. The first-order valence-electron chi connectivity index (χ1n) is 6.16. The molecule has 0 saturated heterocycles. The maximum atomic E-state index is 10.7. The van der Waals surface area contributed by atoms with Crippen LogP contribution in [-0.4, -0.2) is 22.1 Å². The minimum Gasteiger partial charge on any atom is -0.481 e. The lowest BCUT2D eigenvalue weighted by Gasteiger charge is -2.20. The normalized spacial score (nSPS) is 14.5. The fourth-order valence-corrected chi connectivity index (χ4v) is 3.54. The minimum atomic E-state index is -0.826. The van der Waals surface area contributed by atoms with Gasteiger partial charge in [-0.05, 0) is 35.2 Å². The van der Waals surface area contributed by atoms with Gasteiger partial charge in [-0.15, -0.1) is 11.3 Å². The molecule has 1 aliphatic carbocycles. The molecule has 0 atom stereocenters. The second-order valence-corrected chi connectivity index (χ2v) is 6.30. The largest absolute Gasteiger partial charge is 0.481 e. The third-order valence-corrected chi connectivity index (χ3v) is 4.70. The number of thiophene rings is 1. The molecular weight excluding hydrogens is 280 g/mol. The first kappa shape index (κ1) is 12.6. The Bertz CT molecular complexity index is 561. The summed E-state index contributed by atoms with van der Waals surface area (Å²) in [5.74, 6) is -0.826. The SMILES string of the molecule is O=C(O)Cc1csc(N(Cc2ccsc2)C2CC2)n1. The summed E-state index contributed by atoms with van der Waals surface area (Å²) in [4.78, 5) is 17.5. The van der Waals surface area contributed by atoms with Gasteiger partial charge in [-0.1, -0.05) is 0 Å². The zero-order chi connectivity index (χ0) is 13.2. The summed E-state index contributed by atoms with van der Waals surface area (Å²) in [7, 11) is 0. The monoisotopic (exact) mass is 294 g/mol. The Hall–Kier alpha value is -1.40. The van der Waals surface area contributed by atoms with E-state index in [1.54, 1.807) is 22.7 Å². The number of carboxylic acid groups (broad SMARTS) is 1. The number of aromatic nitrogens is 1. The molecule has 0 unspecified atom stereocenters. The average Bonchev–Trinajstić information content (AvgIpc) is 2.87. The zero-order valence-corrected chi connectivity index (χ0v) is 11.9. The Morgan fingerprint density at radius 1 is 1.47 bits per heavy atom. The number of aliphatic carboxylic acids is 1. The standard InChI is InChI=1S/C13H14N2O2S2/c16-12(17)5-10-8-19-13(14-10)15(11-1-2-11)6-9-3-4-18-7-9/h3-4,7-8,11H,1-2,5-6H2,(H,16,17). The summed E-state index contributed by atoms with van der Waals surface area (Å²) in [5.41, 5.74) is 1.95. The smallest absolute Gasteiger partial charge is 0.309 e. The quantitative estimate of drug-likeness (QED) is 0.890. The molecule has 2 aromatic rings. The highest BCUT2D eigenvalue weighted by atomic mass is 32.1. The Morgan fingerprint density at radius 3 is 2.95 bits per heavy atom. The van der Waals surface area contributed by atoms with E-state index < -0.39 is 5.97 Å². The Labute approximate surface area is 119 Å². The van der Waals surface area contributed by atoms with Gasteiger partial charge in [0.25, 0.3) is 0 Å². The molecule has 0 amide bonds. The number of carbonyl (C=O) groups is 1. The molecule has 1 fully saturated rings. The molecule has 0 aromatic carbocycles. The van der Waals surface area contributed by atoms with Crippen LogP contribution in [0.3, 0.4) is 0 Å². The van der Waals surface area contributed by atoms with Crippen LogP contribution in [0.5, 0.6) is 0 Å². The highest BCUT2D eigenvalue weighted by Gasteiger charge is 2.31. The van der Waals surface area contributed by atoms with E-state index in [9.17, 15) is 4.79 Å². The molecular formula is C13H14N2O2S2. The fraction of sp³-hybridized carbons (Fsp3) is 0.385. The Kier molecular flexibility index (Phi) is 3.52. The highest BCUT2D eigenvalue weighted by molar-refractivity contribution is 7.13. The van der Waals surface area contributed by atoms with E-state index in [2.05, 4.69) is 26.7 Å². The molecule has 2 aromatic heterocycles. The van der Waals surface area contributed by atoms with Crippen molar-refractivity contribution in [3.05, 3.63) is 33.5 Å². The predicted molar refractivity (Wildman–Crippen MR) is 77.0 cm³/mol. The fourth-order valence-electron chi connectivity index (χ4n) is 1.98. The minimum absolute atomic E-state index is 0.00740. The van der Waals surface area contributed by atoms with E-state index in [1.807, 2.05) is 5.38 Å². The second kappa shape index (κ2) is 5.30. The van der Waals surface area contributed by atoms with Crippen LogP contribution in [0.25, 0.3) is 0 Å². The highest BCUT2D eigenvalue weighted by Crippen LogP contribution is 2.35. The van der Waals surface area contributed by atoms with Crippen LogP contribution in [-0.2, 0) is 17.8 Å². The summed E-state index contributed by atoms with van der Waals surface area (Å²) in [5, 5.41) is 15.8. The number of carboxylic acids is 1. The molecule has 6 heteroatoms. The number of thiazole rings is 1. The summed E-state index contributed by atoms with van der Waals surface area (Å²) in [6.45, 7) is 0.869. The van der Waals surface area contributed by atoms with Crippen molar-refractivity contribution >= 4 is 33.8 Å². The van der Waals surface area contributed by atoms with Crippen molar-refractivity contribution in [3.63, 3.8) is 0 Å². The van der Waals surface area contributed by atoms with Gasteiger partial charge in [0.1, 0.15) is 0 Å². The van der Waals surface area contributed by atoms with Crippen molar-refractivity contribution in [1.29, 1.82) is 0 Å². The third-order valence-electron chi connectivity index (χ3n) is 3.04. The zero-order valence-electron chi connectivity index (χ0n) is 10.3. The van der Waals surface area contributed by atoms with Crippen molar-refractivity contribution in [3.8, 4) is 0 Å². The van der Waals surface area contributed by atoms with Gasteiger partial charge >= 0.3 is 5.97 Å². The number of hydrogen-bond acceptors (Lipinski definition) is 5. The van der Waals surface area contributed by atoms with Crippen molar-refractivity contribution in [2.45, 2.75) is 31.8 Å². The van der Waals surface area contributed by atoms with Crippen molar-refractivity contribution in [2.24, 2.45) is 0 Å². The summed E-state index contributed by atoms with van der Waals surface area (Å²) in [6.07, 6.45) is 2.42. The molecule has 0 aliphatic heterocycles. The van der Waals surface area contributed by atoms with Gasteiger partial charge in [0.2, 0.25) is 0 Å². The molecule has 3 rings (SSSR count). The summed E-state index contributed by atoms with van der Waals surface area (Å²) < 4.78 is 0. The van der Waals surface area contributed by atoms with E-state index in [0.29, 0.717) is 11.7 Å². The van der Waals surface area contributed by atoms with Gasteiger partial charge in [0, 0.05) is 18.0 Å². The molecule has 0 spiro atoms. The van der Waals surface area contributed by atoms with E-state index in [0.717, 1.165) is 11.7 Å². The number of anilines is 1. The van der Waals surface area contributed by atoms with Gasteiger partial charge in [0.15, 0.2) is 5.13 Å². The van der Waals surface area contributed by atoms with Crippen LogP contribution in [0, 0.1) is 0 Å². The molecule has 0 radical (unpaired) electrons. The van der Waals surface area contributed by atoms with Crippen LogP contribution < -0.4 is 4.90 Å². The average molecular weight is 294 g/mol. The lowest BCUT2D eigenvalue weighted by Crippen LogP contribution is -2.24. The topological polar surface area (TPSA) is 53.4 Å². The number of nitrogens with zero attached hydrogens (tertiary/aromatic N) is 2. The molecule has 1 saturated carbocycles. The molecule has 0 bridgehead atoms. The van der Waals surface area contributed by atoms with Crippen LogP contribution in [0.1, 0.15) is 24.1 Å². The number of hydrogen-bond donors (Lipinski definition) is 1. The van der Waals surface area contributed by atoms with Gasteiger partial charge in [-0.2, -0.15) is 11.3 Å². The third kappa shape index (κ3) is 3.13. The van der Waals surface area contributed by atoms with E-state index in [-0.39, 0.29) is 6.42 Å². The van der Waals surface area contributed by atoms with Gasteiger partial charge in [-0.3, -0.25) is 4.79 Å². The van der Waals surface area contributed by atoms with Crippen LogP contribution in [0.15, 0.2) is 22.2 Å². The van der Waals surface area contributed by atoms with Gasteiger partial charge in [0.05, 0.1) is 12.1 Å². The molecule has 1 aliphatic rings. The Balaban J connectivity index is 1.76. The first-order chi connectivity index (χ1) is 9.22. The molecule has 2 heterocycles.